The summed E-state index contributed by atoms with van der Waals surface area (Å²) < 4.78 is 2.04. The maximum atomic E-state index is 13.4. The van der Waals surface area contributed by atoms with Crippen LogP contribution < -0.4 is 15.1 Å². The van der Waals surface area contributed by atoms with Crippen LogP contribution in [0.25, 0.3) is 5.65 Å². The van der Waals surface area contributed by atoms with Crippen molar-refractivity contribution in [2.24, 2.45) is 5.92 Å². The molecule has 5 heterocycles. The fourth-order valence-corrected chi connectivity index (χ4v) is 5.22. The first kappa shape index (κ1) is 23.8. The van der Waals surface area contributed by atoms with E-state index in [0.29, 0.717) is 35.9 Å². The van der Waals surface area contributed by atoms with Gasteiger partial charge in [-0.3, -0.25) is 4.79 Å². The van der Waals surface area contributed by atoms with Gasteiger partial charge in [-0.1, -0.05) is 24.6 Å². The van der Waals surface area contributed by atoms with Gasteiger partial charge in [0.2, 0.25) is 11.9 Å². The molecule has 0 saturated carbocycles. The topological polar surface area (TPSA) is 81.9 Å². The number of hydrogen-bond acceptors (Lipinski definition) is 7. The molecule has 35 heavy (non-hydrogen) atoms. The molecule has 0 spiro atoms. The molecule has 1 atom stereocenters. The highest BCUT2D eigenvalue weighted by Gasteiger charge is 2.41. The van der Waals surface area contributed by atoms with Gasteiger partial charge in [0.15, 0.2) is 5.82 Å². The fraction of sp³-hybridized carbons (Fsp3) is 0.520. The Morgan fingerprint density at radius 3 is 2.83 bits per heavy atom. The lowest BCUT2D eigenvalue weighted by molar-refractivity contribution is -0.140. The number of nitrogens with zero attached hydrogens (tertiary/aromatic N) is 7. The molecule has 0 radical (unpaired) electrons. The number of pyridine rings is 1. The fourth-order valence-electron chi connectivity index (χ4n) is 5.01. The molecule has 0 aliphatic carbocycles. The standard InChI is InChI=1S/C25H33ClN8O/c1-5-18-12-27-9-11-33(18)24-29-13-19(26)22(30-24)32-15-17(16-32)23(35)31(4)25(2,3)20-14-28-21-8-6-7-10-34(20)21/h6-8,10,13-14,17-18,27H,5,9,11-12,15-16H2,1-4H3. The van der Waals surface area contributed by atoms with E-state index in [2.05, 4.69) is 45.9 Å². The van der Waals surface area contributed by atoms with E-state index in [-0.39, 0.29) is 11.8 Å². The zero-order chi connectivity index (χ0) is 24.7. The molecule has 3 aromatic heterocycles. The van der Waals surface area contributed by atoms with Crippen LogP contribution in [0.5, 0.6) is 0 Å². The van der Waals surface area contributed by atoms with E-state index in [1.807, 2.05) is 46.9 Å². The van der Waals surface area contributed by atoms with Crippen LogP contribution in [-0.4, -0.2) is 76.0 Å². The molecule has 0 aromatic carbocycles. The molecule has 186 valence electrons. The molecule has 3 aromatic rings. The van der Waals surface area contributed by atoms with Crippen molar-refractivity contribution in [3.8, 4) is 0 Å². The SMILES string of the molecule is CCC1CNCCN1c1ncc(Cl)c(N2CC(C(=O)N(C)C(C)(C)c3cnc4ccccn34)C2)n1. The van der Waals surface area contributed by atoms with Crippen LogP contribution in [-0.2, 0) is 10.3 Å². The van der Waals surface area contributed by atoms with Gasteiger partial charge in [0.1, 0.15) is 10.7 Å². The summed E-state index contributed by atoms with van der Waals surface area (Å²) in [7, 11) is 1.87. The molecule has 9 nitrogen and oxygen atoms in total. The third-order valence-electron chi connectivity index (χ3n) is 7.53. The van der Waals surface area contributed by atoms with E-state index < -0.39 is 5.54 Å². The molecule has 2 saturated heterocycles. The molecule has 2 aliphatic heterocycles. The summed E-state index contributed by atoms with van der Waals surface area (Å²) in [4.78, 5) is 33.5. The Bertz CT molecular complexity index is 1220. The number of amides is 1. The van der Waals surface area contributed by atoms with Crippen molar-refractivity contribution >= 4 is 34.9 Å². The first-order chi connectivity index (χ1) is 16.8. The van der Waals surface area contributed by atoms with Crippen LogP contribution >= 0.6 is 11.6 Å². The molecule has 2 aliphatic rings. The maximum absolute atomic E-state index is 13.4. The highest BCUT2D eigenvalue weighted by atomic mass is 35.5. The third kappa shape index (κ3) is 4.21. The smallest absolute Gasteiger partial charge is 0.229 e. The largest absolute Gasteiger partial charge is 0.353 e. The number of hydrogen-bond donors (Lipinski definition) is 1. The molecule has 2 fully saturated rings. The minimum atomic E-state index is -0.518. The van der Waals surface area contributed by atoms with E-state index in [1.165, 1.54) is 0 Å². The van der Waals surface area contributed by atoms with Gasteiger partial charge in [0.25, 0.3) is 0 Å². The van der Waals surface area contributed by atoms with Crippen molar-refractivity contribution < 1.29 is 4.79 Å². The van der Waals surface area contributed by atoms with Crippen molar-refractivity contribution in [1.82, 2.24) is 29.6 Å². The highest BCUT2D eigenvalue weighted by molar-refractivity contribution is 6.32. The van der Waals surface area contributed by atoms with Gasteiger partial charge in [0, 0.05) is 52.0 Å². The van der Waals surface area contributed by atoms with Crippen LogP contribution in [0.2, 0.25) is 5.02 Å². The molecular formula is C25H33ClN8O. The van der Waals surface area contributed by atoms with E-state index in [1.54, 1.807) is 6.20 Å². The van der Waals surface area contributed by atoms with Crippen molar-refractivity contribution in [1.29, 1.82) is 0 Å². The van der Waals surface area contributed by atoms with E-state index in [4.69, 9.17) is 16.6 Å². The van der Waals surface area contributed by atoms with Crippen LogP contribution in [0.3, 0.4) is 0 Å². The Morgan fingerprint density at radius 1 is 1.26 bits per heavy atom. The Morgan fingerprint density at radius 2 is 2.06 bits per heavy atom. The number of aromatic nitrogens is 4. The predicted octanol–water partition coefficient (Wildman–Crippen LogP) is 2.80. The first-order valence-corrected chi connectivity index (χ1v) is 12.6. The number of piperazine rings is 1. The minimum Gasteiger partial charge on any atom is -0.353 e. The Balaban J connectivity index is 1.29. The molecule has 10 heteroatoms. The van der Waals surface area contributed by atoms with Crippen LogP contribution in [0.1, 0.15) is 32.9 Å². The number of nitrogens with one attached hydrogen (secondary N) is 1. The van der Waals surface area contributed by atoms with E-state index >= 15 is 0 Å². The predicted molar refractivity (Wildman–Crippen MR) is 138 cm³/mol. The van der Waals surface area contributed by atoms with Gasteiger partial charge >= 0.3 is 0 Å². The second-order valence-corrected chi connectivity index (χ2v) is 10.3. The molecule has 5 rings (SSSR count). The average Bonchev–Trinajstić information content (AvgIpc) is 3.29. The molecule has 1 unspecified atom stereocenters. The van der Waals surface area contributed by atoms with E-state index in [9.17, 15) is 4.79 Å². The number of fused-ring (bicyclic) bond motifs is 1. The number of anilines is 2. The number of rotatable bonds is 6. The highest BCUT2D eigenvalue weighted by Crippen LogP contribution is 2.34. The van der Waals surface area contributed by atoms with Crippen molar-refractivity contribution in [2.75, 3.05) is 49.6 Å². The van der Waals surface area contributed by atoms with Gasteiger partial charge in [-0.2, -0.15) is 4.98 Å². The maximum Gasteiger partial charge on any atom is 0.229 e. The summed E-state index contributed by atoms with van der Waals surface area (Å²) in [6.07, 6.45) is 6.54. The summed E-state index contributed by atoms with van der Waals surface area (Å²) in [6.45, 7) is 10.2. The van der Waals surface area contributed by atoms with E-state index in [0.717, 1.165) is 37.4 Å². The molecule has 1 amide bonds. The number of imidazole rings is 1. The third-order valence-corrected chi connectivity index (χ3v) is 7.80. The quantitative estimate of drug-likeness (QED) is 0.562. The minimum absolute atomic E-state index is 0.107. The van der Waals surface area contributed by atoms with Crippen LogP contribution in [0, 0.1) is 5.92 Å². The Labute approximate surface area is 211 Å². The summed E-state index contributed by atoms with van der Waals surface area (Å²) in [5.74, 6) is 1.40. The number of carbonyl (C=O) groups is 1. The van der Waals surface area contributed by atoms with Crippen LogP contribution in [0.15, 0.2) is 36.8 Å². The van der Waals surface area contributed by atoms with Gasteiger partial charge in [-0.25, -0.2) is 9.97 Å². The second-order valence-electron chi connectivity index (χ2n) is 9.93. The van der Waals surface area contributed by atoms with Gasteiger partial charge in [0.05, 0.1) is 29.5 Å². The second kappa shape index (κ2) is 9.28. The average molecular weight is 497 g/mol. The summed E-state index contributed by atoms with van der Waals surface area (Å²) in [5.41, 5.74) is 1.33. The lowest BCUT2D eigenvalue weighted by Gasteiger charge is -2.44. The van der Waals surface area contributed by atoms with Gasteiger partial charge in [-0.05, 0) is 32.4 Å². The Kier molecular flexibility index (Phi) is 6.31. The van der Waals surface area contributed by atoms with Gasteiger partial charge in [-0.15, -0.1) is 0 Å². The number of carbonyl (C=O) groups excluding carboxylic acids is 1. The monoisotopic (exact) mass is 496 g/mol. The molecular weight excluding hydrogens is 464 g/mol. The zero-order valence-electron chi connectivity index (χ0n) is 20.8. The van der Waals surface area contributed by atoms with Crippen molar-refractivity contribution in [3.63, 3.8) is 0 Å². The van der Waals surface area contributed by atoms with Gasteiger partial charge < -0.3 is 24.4 Å². The Hall–Kier alpha value is -2.91. The van der Waals surface area contributed by atoms with Crippen LogP contribution in [0.4, 0.5) is 11.8 Å². The number of halogens is 1. The zero-order valence-corrected chi connectivity index (χ0v) is 21.5. The van der Waals surface area contributed by atoms with Crippen molar-refractivity contribution in [3.05, 3.63) is 47.5 Å². The molecule has 1 N–H and O–H groups in total. The summed E-state index contributed by atoms with van der Waals surface area (Å²) >= 11 is 6.50. The van der Waals surface area contributed by atoms with Crippen molar-refractivity contribution in [2.45, 2.75) is 38.8 Å². The summed E-state index contributed by atoms with van der Waals surface area (Å²) in [5, 5.41) is 3.95. The lowest BCUT2D eigenvalue weighted by Crippen LogP contribution is -2.57. The summed E-state index contributed by atoms with van der Waals surface area (Å²) in [6, 6.07) is 6.26. The first-order valence-electron chi connectivity index (χ1n) is 12.3. The lowest BCUT2D eigenvalue weighted by atomic mass is 9.93. The normalized spacial score (nSPS) is 19.2. The molecule has 0 bridgehead atoms.